The molecule has 0 rings (SSSR count). The summed E-state index contributed by atoms with van der Waals surface area (Å²) in [5.41, 5.74) is 0. The Hall–Kier alpha value is -0.147. The molecular weight excluding hydrogens is 285 g/mol. The predicted octanol–water partition coefficient (Wildman–Crippen LogP) is 2.11. The van der Waals surface area contributed by atoms with Crippen molar-refractivity contribution in [3.63, 3.8) is 0 Å². The zero-order chi connectivity index (χ0) is 11.5. The molecule has 0 bridgehead atoms. The van der Waals surface area contributed by atoms with Crippen LogP contribution in [0.4, 0.5) is 0 Å². The fraction of sp³-hybridized carbons (Fsp3) is 0.714. The molecule has 0 aliphatic heterocycles. The third-order valence-electron chi connectivity index (χ3n) is 0.707. The maximum atomic E-state index is 8.24. The molecule has 0 aromatic rings. The van der Waals surface area contributed by atoms with E-state index in [4.69, 9.17) is 19.8 Å². The Kier molecular flexibility index (Phi) is 105. The summed E-state index contributed by atoms with van der Waals surface area (Å²) in [6, 6.07) is 0. The van der Waals surface area contributed by atoms with Gasteiger partial charge < -0.3 is 19.8 Å². The molecule has 0 radical (unpaired) electrons. The van der Waals surface area contributed by atoms with Crippen LogP contribution in [0, 0.1) is 0 Å². The minimum absolute atomic E-state index is 0.500. The van der Waals surface area contributed by atoms with Gasteiger partial charge in [-0.25, -0.2) is 0 Å². The molecule has 2 N–H and O–H groups in total. The van der Waals surface area contributed by atoms with Crippen LogP contribution >= 0.6 is 9.69 Å². The van der Waals surface area contributed by atoms with Crippen molar-refractivity contribution in [1.29, 1.82) is 0 Å². The van der Waals surface area contributed by atoms with Crippen LogP contribution in [0.5, 0.6) is 0 Å². The molecule has 0 heterocycles. The third-order valence-corrected chi connectivity index (χ3v) is 0.707. The van der Waals surface area contributed by atoms with Gasteiger partial charge in [0.05, 0.1) is 0 Å². The van der Waals surface area contributed by atoms with Crippen molar-refractivity contribution in [2.45, 2.75) is 33.1 Å². The molecule has 0 spiro atoms. The number of unbranched alkanes of at least 4 members (excludes halogenated alkanes) is 2. The van der Waals surface area contributed by atoms with Gasteiger partial charge in [0.15, 0.2) is 0 Å². The van der Waals surface area contributed by atoms with Crippen LogP contribution < -0.4 is 0 Å². The Morgan fingerprint density at radius 3 is 1.23 bits per heavy atom. The van der Waals surface area contributed by atoms with Gasteiger partial charge in [0.2, 0.25) is 0 Å². The first-order chi connectivity index (χ1) is 6.24. The van der Waals surface area contributed by atoms with Gasteiger partial charge in [-0.3, -0.25) is 0 Å². The van der Waals surface area contributed by atoms with Gasteiger partial charge in [-0.2, -0.15) is 0 Å². The topological polar surface area (TPSA) is 74.6 Å². The number of halogens is 1. The molecule has 0 unspecified atom stereocenters. The summed E-state index contributed by atoms with van der Waals surface area (Å²) in [6.07, 6.45) is 4.08. The van der Waals surface area contributed by atoms with Gasteiger partial charge in [0, 0.05) is 0 Å². The molecule has 0 fully saturated rings. The third kappa shape index (κ3) is 335. The second kappa shape index (κ2) is 59.3. The first kappa shape index (κ1) is 23.0. The van der Waals surface area contributed by atoms with Gasteiger partial charge in [-0.1, -0.05) is 46.1 Å². The van der Waals surface area contributed by atoms with Crippen LogP contribution in [0.3, 0.4) is 0 Å². The Bertz CT molecular complexity index is 65.5. The summed E-state index contributed by atoms with van der Waals surface area (Å²) in [7, 11) is 4.57. The van der Waals surface area contributed by atoms with Crippen molar-refractivity contribution < 1.29 is 37.1 Å². The molecule has 0 saturated heterocycles. The Morgan fingerprint density at radius 1 is 1.08 bits per heavy atom. The molecule has 0 amide bonds. The summed E-state index contributed by atoms with van der Waals surface area (Å²) >= 11 is 1.82. The molecule has 0 atom stereocenters. The van der Waals surface area contributed by atoms with E-state index in [1.165, 1.54) is 19.3 Å². The monoisotopic (exact) mass is 299 g/mol. The van der Waals surface area contributed by atoms with E-state index in [0.717, 1.165) is 0 Å². The van der Waals surface area contributed by atoms with Crippen LogP contribution in [-0.4, -0.2) is 23.2 Å². The van der Waals surface area contributed by atoms with E-state index in [1.54, 1.807) is 0 Å². The second-order valence-corrected chi connectivity index (χ2v) is 1.54. The van der Waals surface area contributed by atoms with Crippen LogP contribution in [0.2, 0.25) is 0 Å². The first-order valence-corrected chi connectivity index (χ1v) is 5.64. The van der Waals surface area contributed by atoms with Gasteiger partial charge in [0.25, 0.3) is 0 Å². The molecule has 0 aromatic carbocycles. The van der Waals surface area contributed by atoms with E-state index < -0.39 is 0 Å². The van der Waals surface area contributed by atoms with E-state index in [9.17, 15) is 0 Å². The zero-order valence-corrected chi connectivity index (χ0v) is 10.1. The van der Waals surface area contributed by atoms with E-state index in [-0.39, 0.29) is 0 Å². The maximum absolute atomic E-state index is 8.24. The summed E-state index contributed by atoms with van der Waals surface area (Å²) in [6.45, 7) is 5.42. The second-order valence-electron chi connectivity index (χ2n) is 1.54. The fourth-order valence-electron chi connectivity index (χ4n) is 0.354. The first-order valence-electron chi connectivity index (χ1n) is 3.40. The van der Waals surface area contributed by atoms with E-state index in [1.807, 2.05) is 17.3 Å². The predicted molar refractivity (Wildman–Crippen MR) is 47.7 cm³/mol. The summed E-state index contributed by atoms with van der Waals surface area (Å²) in [4.78, 5) is 16.5. The summed E-state index contributed by atoms with van der Waals surface area (Å²) in [5, 5.41) is 13.5. The summed E-state index contributed by atoms with van der Waals surface area (Å²) in [5.74, 6) is 0. The Morgan fingerprint density at radius 2 is 1.23 bits per heavy atom. The van der Waals surface area contributed by atoms with Crippen molar-refractivity contribution in [2.75, 3.05) is 0 Å². The fourth-order valence-corrected chi connectivity index (χ4v) is 0.354. The number of hydrogen-bond acceptors (Lipinski definition) is 2. The molecule has 0 aliphatic carbocycles. The standard InChI is InChI=1S/C5H12.2CHO2.ClH.Ru/c1-3-5-4-2;2*2-1-3;;/h3-5H2,1-2H3;2*(H,2,3);1H;/q;2*-1;;+3/p-1. The normalized spacial score (nSPS) is 5.46. The summed E-state index contributed by atoms with van der Waals surface area (Å²) < 4.78 is 0. The van der Waals surface area contributed by atoms with Gasteiger partial charge in [-0.15, -0.1) is 0 Å². The average Bonchev–Trinajstić information content (AvgIpc) is 2.12. The zero-order valence-electron chi connectivity index (χ0n) is 7.56. The van der Waals surface area contributed by atoms with Gasteiger partial charge in [0.1, 0.15) is 0 Å². The SMILES string of the molecule is CCCCC.O=[C-]O.O=[C-]O.[Cl][Ru+2]. The molecule has 81 valence electrons. The molecule has 4 nitrogen and oxygen atoms in total. The molecule has 0 aliphatic rings. The van der Waals surface area contributed by atoms with Crippen molar-refractivity contribution in [3.05, 3.63) is 0 Å². The quantitative estimate of drug-likeness (QED) is 0.605. The van der Waals surface area contributed by atoms with Gasteiger partial charge in [-0.05, 0) is 0 Å². The van der Waals surface area contributed by atoms with Gasteiger partial charge >= 0.3 is 27.0 Å². The molecule has 13 heavy (non-hydrogen) atoms. The molecule has 0 aromatic heterocycles. The Balaban J connectivity index is -0.0000000446. The van der Waals surface area contributed by atoms with E-state index in [0.29, 0.717) is 12.9 Å². The van der Waals surface area contributed by atoms with Crippen LogP contribution in [0.25, 0.3) is 0 Å². The van der Waals surface area contributed by atoms with Crippen molar-refractivity contribution >= 4 is 22.6 Å². The molecular formula is C7H14ClO4Ru. The minimum atomic E-state index is 0.500. The van der Waals surface area contributed by atoms with E-state index >= 15 is 0 Å². The van der Waals surface area contributed by atoms with Crippen LogP contribution in [0.15, 0.2) is 0 Å². The number of aliphatic hydroxyl groups excluding tert-OH is 2. The number of hydrogen-bond donors (Lipinski definition) is 2. The van der Waals surface area contributed by atoms with Crippen molar-refractivity contribution in [3.8, 4) is 0 Å². The van der Waals surface area contributed by atoms with Crippen molar-refractivity contribution in [1.82, 2.24) is 0 Å². The molecule has 0 saturated carbocycles. The van der Waals surface area contributed by atoms with Crippen LogP contribution in [0.1, 0.15) is 33.1 Å². The molecule has 6 heteroatoms. The number of rotatable bonds is 2. The van der Waals surface area contributed by atoms with Crippen LogP contribution in [-0.2, 0) is 26.9 Å². The average molecular weight is 299 g/mol. The van der Waals surface area contributed by atoms with E-state index in [2.05, 4.69) is 23.5 Å². The Labute approximate surface area is 93.0 Å². The van der Waals surface area contributed by atoms with Crippen molar-refractivity contribution in [2.24, 2.45) is 0 Å².